The van der Waals surface area contributed by atoms with Crippen LogP contribution in [-0.4, -0.2) is 60.3 Å². The van der Waals surface area contributed by atoms with E-state index in [2.05, 4.69) is 20.7 Å². The van der Waals surface area contributed by atoms with Crippen LogP contribution in [0.4, 0.5) is 0 Å². The van der Waals surface area contributed by atoms with Crippen molar-refractivity contribution in [1.82, 2.24) is 25.3 Å². The summed E-state index contributed by atoms with van der Waals surface area (Å²) in [4.78, 5) is 17.5. The number of nitrogens with zero attached hydrogens (tertiary/aromatic N) is 4. The summed E-state index contributed by atoms with van der Waals surface area (Å²) in [6, 6.07) is 10.0. The van der Waals surface area contributed by atoms with Gasteiger partial charge in [0, 0.05) is 33.4 Å². The topological polar surface area (TPSA) is 74.6 Å². The van der Waals surface area contributed by atoms with Crippen molar-refractivity contribution < 1.29 is 4.79 Å². The van der Waals surface area contributed by atoms with E-state index in [-0.39, 0.29) is 36.4 Å². The first-order chi connectivity index (χ1) is 12.1. The number of carbonyl (C=O) groups is 1. The third kappa shape index (κ3) is 7.03. The number of amides is 1. The molecular weight excluding hydrogens is 443 g/mol. The van der Waals surface area contributed by atoms with E-state index >= 15 is 0 Å². The summed E-state index contributed by atoms with van der Waals surface area (Å²) in [5.74, 6) is 0.620. The van der Waals surface area contributed by atoms with Gasteiger partial charge >= 0.3 is 0 Å². The Morgan fingerprint density at radius 1 is 1.23 bits per heavy atom. The lowest BCUT2D eigenvalue weighted by molar-refractivity contribution is -0.127. The molecule has 0 aliphatic rings. The van der Waals surface area contributed by atoms with Gasteiger partial charge in [-0.3, -0.25) is 4.79 Å². The lowest BCUT2D eigenvalue weighted by Crippen LogP contribution is -2.39. The summed E-state index contributed by atoms with van der Waals surface area (Å²) in [7, 11) is 3.45. The van der Waals surface area contributed by atoms with Gasteiger partial charge in [0.05, 0.1) is 11.9 Å². The SMILES string of the molecule is CCNC(=NCC(=O)N(C)C)NCCc1cnn(-c2ccccc2)c1.I. The summed E-state index contributed by atoms with van der Waals surface area (Å²) < 4.78 is 1.87. The number of likely N-dealkylation sites (N-methyl/N-ethyl adjacent to an activating group) is 1. The van der Waals surface area contributed by atoms with Gasteiger partial charge in [0.15, 0.2) is 5.96 Å². The third-order valence-corrected chi connectivity index (χ3v) is 3.58. The first kappa shape index (κ1) is 21.9. The van der Waals surface area contributed by atoms with Crippen molar-refractivity contribution in [2.24, 2.45) is 4.99 Å². The van der Waals surface area contributed by atoms with E-state index < -0.39 is 0 Å². The fourth-order valence-corrected chi connectivity index (χ4v) is 2.17. The molecule has 8 heteroatoms. The average molecular weight is 470 g/mol. The fourth-order valence-electron chi connectivity index (χ4n) is 2.17. The average Bonchev–Trinajstić information content (AvgIpc) is 3.09. The van der Waals surface area contributed by atoms with Gasteiger partial charge in [0.2, 0.25) is 5.91 Å². The van der Waals surface area contributed by atoms with Crippen LogP contribution in [0.1, 0.15) is 12.5 Å². The van der Waals surface area contributed by atoms with Crippen LogP contribution in [-0.2, 0) is 11.2 Å². The van der Waals surface area contributed by atoms with Gasteiger partial charge in [-0.1, -0.05) is 18.2 Å². The standard InChI is InChI=1S/C18H26N6O.HI/c1-4-19-18(21-13-17(25)23(2)3)20-11-10-15-12-22-24(14-15)16-8-6-5-7-9-16;/h5-9,12,14H,4,10-11,13H2,1-3H3,(H2,19,20,21);1H. The number of benzene rings is 1. The van der Waals surface area contributed by atoms with Crippen LogP contribution >= 0.6 is 24.0 Å². The van der Waals surface area contributed by atoms with Crippen molar-refractivity contribution in [1.29, 1.82) is 0 Å². The predicted molar refractivity (Wildman–Crippen MR) is 115 cm³/mol. The van der Waals surface area contributed by atoms with Gasteiger partial charge in [0.25, 0.3) is 0 Å². The van der Waals surface area contributed by atoms with Gasteiger partial charge < -0.3 is 15.5 Å². The minimum Gasteiger partial charge on any atom is -0.357 e. The number of aliphatic imine (C=N–C) groups is 1. The van der Waals surface area contributed by atoms with Gasteiger partial charge in [-0.2, -0.15) is 5.10 Å². The maximum Gasteiger partial charge on any atom is 0.243 e. The lowest BCUT2D eigenvalue weighted by Gasteiger charge is -2.12. The molecule has 26 heavy (non-hydrogen) atoms. The zero-order valence-electron chi connectivity index (χ0n) is 15.5. The van der Waals surface area contributed by atoms with Crippen LogP contribution in [0.5, 0.6) is 0 Å². The first-order valence-electron chi connectivity index (χ1n) is 8.41. The summed E-state index contributed by atoms with van der Waals surface area (Å²) in [6.45, 7) is 3.58. The summed E-state index contributed by atoms with van der Waals surface area (Å²) in [6.07, 6.45) is 4.71. The minimum absolute atomic E-state index is 0. The van der Waals surface area contributed by atoms with Gasteiger partial charge in [-0.15, -0.1) is 24.0 Å². The highest BCUT2D eigenvalue weighted by Crippen LogP contribution is 2.07. The molecule has 7 nitrogen and oxygen atoms in total. The third-order valence-electron chi connectivity index (χ3n) is 3.58. The van der Waals surface area contributed by atoms with Crippen molar-refractivity contribution in [3.8, 4) is 5.69 Å². The Labute approximate surface area is 171 Å². The van der Waals surface area contributed by atoms with Gasteiger partial charge in [0.1, 0.15) is 6.54 Å². The molecule has 0 bridgehead atoms. The summed E-state index contributed by atoms with van der Waals surface area (Å²) in [5.41, 5.74) is 2.18. The molecule has 2 rings (SSSR count). The second-order valence-electron chi connectivity index (χ2n) is 5.79. The van der Waals surface area contributed by atoms with E-state index in [1.165, 1.54) is 4.90 Å². The van der Waals surface area contributed by atoms with E-state index in [0.717, 1.165) is 24.2 Å². The summed E-state index contributed by atoms with van der Waals surface area (Å²) in [5, 5.41) is 10.8. The van der Waals surface area contributed by atoms with Gasteiger partial charge in [-0.05, 0) is 31.0 Å². The van der Waals surface area contributed by atoms with E-state index in [1.807, 2.05) is 54.3 Å². The highest BCUT2D eigenvalue weighted by molar-refractivity contribution is 14.0. The first-order valence-corrected chi connectivity index (χ1v) is 8.41. The molecule has 2 N–H and O–H groups in total. The minimum atomic E-state index is -0.0265. The molecule has 0 saturated heterocycles. The molecule has 1 aromatic heterocycles. The van der Waals surface area contributed by atoms with Crippen LogP contribution in [0.2, 0.25) is 0 Å². The number of para-hydroxylation sites is 1. The fraction of sp³-hybridized carbons (Fsp3) is 0.389. The number of carbonyl (C=O) groups excluding carboxylic acids is 1. The maximum absolute atomic E-state index is 11.6. The predicted octanol–water partition coefficient (Wildman–Crippen LogP) is 1.68. The Balaban J connectivity index is 0.00000338. The van der Waals surface area contributed by atoms with Crippen molar-refractivity contribution in [2.45, 2.75) is 13.3 Å². The van der Waals surface area contributed by atoms with Crippen molar-refractivity contribution in [3.05, 3.63) is 48.3 Å². The molecule has 2 aromatic rings. The molecule has 0 radical (unpaired) electrons. The van der Waals surface area contributed by atoms with Crippen LogP contribution in [0, 0.1) is 0 Å². The van der Waals surface area contributed by atoms with Crippen LogP contribution in [0.3, 0.4) is 0 Å². The highest BCUT2D eigenvalue weighted by Gasteiger charge is 2.05. The largest absolute Gasteiger partial charge is 0.357 e. The smallest absolute Gasteiger partial charge is 0.243 e. The second kappa shape index (κ2) is 11.5. The molecule has 1 heterocycles. The van der Waals surface area contributed by atoms with Crippen LogP contribution in [0.15, 0.2) is 47.7 Å². The molecular formula is C18H27IN6O. The monoisotopic (exact) mass is 470 g/mol. The molecule has 1 amide bonds. The second-order valence-corrected chi connectivity index (χ2v) is 5.79. The highest BCUT2D eigenvalue weighted by atomic mass is 127. The quantitative estimate of drug-likeness (QED) is 0.367. The Kier molecular flexibility index (Phi) is 9.71. The van der Waals surface area contributed by atoms with Gasteiger partial charge in [-0.25, -0.2) is 9.67 Å². The number of guanidine groups is 1. The number of halogens is 1. The Bertz CT molecular complexity index is 699. The molecule has 0 aliphatic carbocycles. The summed E-state index contributed by atoms with van der Waals surface area (Å²) >= 11 is 0. The van der Waals surface area contributed by atoms with Crippen molar-refractivity contribution in [3.63, 3.8) is 0 Å². The normalized spacial score (nSPS) is 10.8. The van der Waals surface area contributed by atoms with E-state index in [9.17, 15) is 4.79 Å². The number of nitrogens with one attached hydrogen (secondary N) is 2. The molecule has 142 valence electrons. The Morgan fingerprint density at radius 3 is 2.62 bits per heavy atom. The Hall–Kier alpha value is -2.10. The van der Waals surface area contributed by atoms with E-state index in [0.29, 0.717) is 12.5 Å². The van der Waals surface area contributed by atoms with Crippen LogP contribution in [0.25, 0.3) is 5.69 Å². The molecule has 0 atom stereocenters. The molecule has 0 aliphatic heterocycles. The van der Waals surface area contributed by atoms with E-state index in [4.69, 9.17) is 0 Å². The van der Waals surface area contributed by atoms with Crippen molar-refractivity contribution in [2.75, 3.05) is 33.7 Å². The number of hydrogen-bond donors (Lipinski definition) is 2. The lowest BCUT2D eigenvalue weighted by atomic mass is 10.2. The number of hydrogen-bond acceptors (Lipinski definition) is 3. The zero-order valence-corrected chi connectivity index (χ0v) is 17.8. The number of aromatic nitrogens is 2. The van der Waals surface area contributed by atoms with Crippen LogP contribution < -0.4 is 10.6 Å². The molecule has 0 saturated carbocycles. The molecule has 1 aromatic carbocycles. The zero-order chi connectivity index (χ0) is 18.1. The number of rotatable bonds is 7. The maximum atomic E-state index is 11.6. The Morgan fingerprint density at radius 2 is 1.96 bits per heavy atom. The van der Waals surface area contributed by atoms with E-state index in [1.54, 1.807) is 14.1 Å². The molecule has 0 unspecified atom stereocenters. The van der Waals surface area contributed by atoms with Crippen molar-refractivity contribution >= 4 is 35.8 Å². The molecule has 0 fully saturated rings. The molecule has 0 spiro atoms.